The highest BCUT2D eigenvalue weighted by Crippen LogP contribution is 2.41. The first-order valence-electron chi connectivity index (χ1n) is 12.0. The molecular formula is C27H28F6N2O2. The topological polar surface area (TPSA) is 45.5 Å². The Morgan fingerprint density at radius 3 is 2.14 bits per heavy atom. The van der Waals surface area contributed by atoms with E-state index in [4.69, 9.17) is 4.42 Å². The second-order valence-electron chi connectivity index (χ2n) is 10.1. The van der Waals surface area contributed by atoms with Gasteiger partial charge < -0.3 is 9.73 Å². The van der Waals surface area contributed by atoms with E-state index >= 15 is 0 Å². The van der Waals surface area contributed by atoms with Crippen LogP contribution in [0, 0.1) is 5.41 Å². The third-order valence-electron chi connectivity index (χ3n) is 6.83. The van der Waals surface area contributed by atoms with Gasteiger partial charge in [-0.3, -0.25) is 9.69 Å². The van der Waals surface area contributed by atoms with Gasteiger partial charge in [-0.15, -0.1) is 0 Å². The van der Waals surface area contributed by atoms with Crippen molar-refractivity contribution < 1.29 is 35.6 Å². The van der Waals surface area contributed by atoms with Crippen LogP contribution < -0.4 is 5.32 Å². The van der Waals surface area contributed by atoms with Crippen molar-refractivity contribution in [2.45, 2.75) is 58.0 Å². The molecule has 3 aromatic rings. The number of carbonyl (C=O) groups excluding carboxylic acids is 1. The van der Waals surface area contributed by atoms with Crippen LogP contribution in [0.2, 0.25) is 0 Å². The second kappa shape index (κ2) is 10.0. The van der Waals surface area contributed by atoms with E-state index in [9.17, 15) is 31.1 Å². The van der Waals surface area contributed by atoms with E-state index in [1.54, 1.807) is 20.1 Å². The smallest absolute Gasteiger partial charge is 0.416 e. The Hall–Kier alpha value is -3.01. The summed E-state index contributed by atoms with van der Waals surface area (Å²) in [5, 5.41) is 3.80. The highest BCUT2D eigenvalue weighted by molar-refractivity contribution is 5.83. The number of nitrogens with zero attached hydrogens (tertiary/aromatic N) is 1. The Kier molecular flexibility index (Phi) is 7.34. The van der Waals surface area contributed by atoms with Crippen LogP contribution >= 0.6 is 0 Å². The van der Waals surface area contributed by atoms with Gasteiger partial charge in [0, 0.05) is 18.0 Å². The fourth-order valence-corrected chi connectivity index (χ4v) is 4.92. The molecule has 0 aliphatic carbocycles. The van der Waals surface area contributed by atoms with Gasteiger partial charge in [0.2, 0.25) is 5.91 Å². The number of fused-ring (bicyclic) bond motifs is 1. The van der Waals surface area contributed by atoms with E-state index < -0.39 is 28.9 Å². The second-order valence-corrected chi connectivity index (χ2v) is 10.1. The molecule has 0 atom stereocenters. The number of benzene rings is 2. The van der Waals surface area contributed by atoms with E-state index in [1.165, 1.54) is 0 Å². The van der Waals surface area contributed by atoms with Crippen LogP contribution in [-0.2, 0) is 30.1 Å². The monoisotopic (exact) mass is 526 g/mol. The third kappa shape index (κ3) is 6.29. The van der Waals surface area contributed by atoms with Crippen molar-refractivity contribution in [3.63, 3.8) is 0 Å². The molecule has 0 radical (unpaired) electrons. The normalized spacial score (nSPS) is 16.9. The van der Waals surface area contributed by atoms with Crippen molar-refractivity contribution in [3.05, 3.63) is 71.0 Å². The van der Waals surface area contributed by atoms with E-state index in [1.807, 2.05) is 24.3 Å². The van der Waals surface area contributed by atoms with Crippen molar-refractivity contribution in [1.82, 2.24) is 10.2 Å². The summed E-state index contributed by atoms with van der Waals surface area (Å²) < 4.78 is 85.9. The number of hydrogen-bond acceptors (Lipinski definition) is 3. The minimum Gasteiger partial charge on any atom is -0.464 e. The number of furan rings is 1. The molecule has 2 aromatic carbocycles. The molecule has 1 fully saturated rings. The summed E-state index contributed by atoms with van der Waals surface area (Å²) in [4.78, 5) is 15.4. The van der Waals surface area contributed by atoms with Crippen LogP contribution in [0.4, 0.5) is 26.3 Å². The zero-order valence-electron chi connectivity index (χ0n) is 20.5. The minimum absolute atomic E-state index is 0.115. The molecule has 0 bridgehead atoms. The molecule has 4 nitrogen and oxygen atoms in total. The van der Waals surface area contributed by atoms with Crippen LogP contribution in [-0.4, -0.2) is 29.9 Å². The van der Waals surface area contributed by atoms with Crippen LogP contribution in [0.3, 0.4) is 0 Å². The summed E-state index contributed by atoms with van der Waals surface area (Å²) >= 11 is 0. The van der Waals surface area contributed by atoms with Gasteiger partial charge in [-0.25, -0.2) is 0 Å². The van der Waals surface area contributed by atoms with Crippen LogP contribution in [0.15, 0.2) is 53.1 Å². The number of nitrogens with one attached hydrogen (secondary N) is 1. The summed E-state index contributed by atoms with van der Waals surface area (Å²) in [6.07, 6.45) is -7.89. The Balaban J connectivity index is 1.58. The van der Waals surface area contributed by atoms with Gasteiger partial charge in [-0.1, -0.05) is 6.07 Å². The molecule has 4 rings (SSSR count). The molecule has 1 aliphatic heterocycles. The number of hydrogen-bond donors (Lipinski definition) is 1. The molecule has 37 heavy (non-hydrogen) atoms. The summed E-state index contributed by atoms with van der Waals surface area (Å²) in [6, 6.07) is 9.04. The van der Waals surface area contributed by atoms with Gasteiger partial charge in [0.05, 0.1) is 22.8 Å². The Morgan fingerprint density at radius 1 is 0.946 bits per heavy atom. The molecule has 0 saturated carbocycles. The molecule has 1 aliphatic rings. The molecule has 200 valence electrons. The van der Waals surface area contributed by atoms with Gasteiger partial charge >= 0.3 is 12.4 Å². The van der Waals surface area contributed by atoms with Crippen LogP contribution in [0.1, 0.15) is 48.9 Å². The number of amides is 1. The first-order chi connectivity index (χ1) is 17.2. The van der Waals surface area contributed by atoms with Crippen molar-refractivity contribution in [1.29, 1.82) is 0 Å². The maximum atomic E-state index is 13.4. The fourth-order valence-electron chi connectivity index (χ4n) is 4.92. The zero-order valence-corrected chi connectivity index (χ0v) is 20.5. The lowest BCUT2D eigenvalue weighted by molar-refractivity contribution is -0.143. The number of carbonyl (C=O) groups is 1. The highest BCUT2D eigenvalue weighted by Gasteiger charge is 2.43. The lowest BCUT2D eigenvalue weighted by Crippen LogP contribution is -2.51. The van der Waals surface area contributed by atoms with Gasteiger partial charge in [0.25, 0.3) is 0 Å². The van der Waals surface area contributed by atoms with Crippen molar-refractivity contribution in [2.24, 2.45) is 5.41 Å². The van der Waals surface area contributed by atoms with Crippen LogP contribution in [0.5, 0.6) is 0 Å². The van der Waals surface area contributed by atoms with Gasteiger partial charge in [0.1, 0.15) is 5.58 Å². The van der Waals surface area contributed by atoms with E-state index in [0.29, 0.717) is 32.5 Å². The van der Waals surface area contributed by atoms with Gasteiger partial charge in [-0.05, 0) is 93.7 Å². The molecule has 1 N–H and O–H groups in total. The first kappa shape index (κ1) is 27.0. The average Bonchev–Trinajstić information content (AvgIpc) is 3.26. The fraction of sp³-hybridized carbons (Fsp3) is 0.444. The van der Waals surface area contributed by atoms with Crippen molar-refractivity contribution in [3.8, 4) is 0 Å². The largest absolute Gasteiger partial charge is 0.464 e. The molecule has 10 heteroatoms. The molecular weight excluding hydrogens is 498 g/mol. The molecule has 1 amide bonds. The predicted molar refractivity (Wildman–Crippen MR) is 127 cm³/mol. The van der Waals surface area contributed by atoms with E-state index in [2.05, 4.69) is 10.2 Å². The molecule has 1 saturated heterocycles. The maximum Gasteiger partial charge on any atom is 0.416 e. The lowest BCUT2D eigenvalue weighted by Gasteiger charge is -2.41. The maximum absolute atomic E-state index is 13.4. The van der Waals surface area contributed by atoms with Crippen LogP contribution in [0.25, 0.3) is 11.0 Å². The third-order valence-corrected chi connectivity index (χ3v) is 6.83. The SMILES string of the molecule is CC(C)NC(=O)C1(Cc2cc(C(F)(F)F)cc(C(F)(F)F)c2)CCN(Cc2ccc3occc3c2)CC1. The standard InChI is InChI=1S/C27H28F6N2O2/c1-17(2)34-24(36)25(15-19-12-21(26(28,29)30)14-22(13-19)27(31,32)33)6-8-35(9-7-25)16-18-3-4-23-20(11-18)5-10-37-23/h3-5,10-14,17H,6-9,15-16H2,1-2H3,(H,34,36). The Bertz CT molecular complexity index is 1220. The quantitative estimate of drug-likeness (QED) is 0.359. The summed E-state index contributed by atoms with van der Waals surface area (Å²) in [6.45, 7) is 5.07. The Morgan fingerprint density at radius 2 is 1.57 bits per heavy atom. The summed E-state index contributed by atoms with van der Waals surface area (Å²) in [7, 11) is 0. The van der Waals surface area contributed by atoms with Crippen molar-refractivity contribution >= 4 is 16.9 Å². The average molecular weight is 527 g/mol. The molecule has 2 heterocycles. The summed E-state index contributed by atoms with van der Waals surface area (Å²) in [5.41, 5.74) is -2.21. The van der Waals surface area contributed by atoms with Gasteiger partial charge in [-0.2, -0.15) is 26.3 Å². The molecule has 0 unspecified atom stereocenters. The number of piperidine rings is 1. The minimum atomic E-state index is -4.94. The van der Waals surface area contributed by atoms with E-state index in [-0.39, 0.29) is 30.0 Å². The zero-order chi connectivity index (χ0) is 27.0. The van der Waals surface area contributed by atoms with Crippen molar-refractivity contribution in [2.75, 3.05) is 13.1 Å². The number of likely N-dealkylation sites (tertiary alicyclic amines) is 1. The number of alkyl halides is 6. The van der Waals surface area contributed by atoms with Gasteiger partial charge in [0.15, 0.2) is 0 Å². The highest BCUT2D eigenvalue weighted by atomic mass is 19.4. The first-order valence-corrected chi connectivity index (χ1v) is 12.0. The lowest BCUT2D eigenvalue weighted by atomic mass is 9.72. The van der Waals surface area contributed by atoms with E-state index in [0.717, 1.165) is 28.7 Å². The molecule has 0 spiro atoms. The Labute approximate surface area is 210 Å². The number of rotatable bonds is 6. The number of halogens is 6. The summed E-state index contributed by atoms with van der Waals surface area (Å²) in [5.74, 6) is -0.354. The predicted octanol–water partition coefficient (Wildman–Crippen LogP) is 6.82. The molecule has 1 aromatic heterocycles.